The van der Waals surface area contributed by atoms with Gasteiger partial charge < -0.3 is 0 Å². The van der Waals surface area contributed by atoms with E-state index in [2.05, 4.69) is 15.6 Å². The van der Waals surface area contributed by atoms with Crippen LogP contribution in [-0.2, 0) is 4.79 Å². The fourth-order valence-corrected chi connectivity index (χ4v) is 2.44. The number of hydrazone groups is 1. The second-order valence-electron chi connectivity index (χ2n) is 4.97. The lowest BCUT2D eigenvalue weighted by molar-refractivity contribution is -0.116. The smallest absolute Gasteiger partial charge is 0.278 e. The highest BCUT2D eigenvalue weighted by Crippen LogP contribution is 2.16. The third kappa shape index (κ3) is 2.37. The number of aromatic nitrogens is 2. The standard InChI is InChI=1S/C15H13ClN4O2/c1-8-12(14(21)18-17-8)7-13-9(2)19-20(15(13)22)11-5-3-4-10(16)6-11/h3-7,19H,1-2H3,(H,18,21)/b12-7-. The SMILES string of the molecule is CC1=NNC(=O)/C1=C\c1c(C)[nH]n(-c2cccc(Cl)c2)c1=O. The van der Waals surface area contributed by atoms with Gasteiger partial charge in [-0.2, -0.15) is 5.10 Å². The number of H-pyrrole nitrogens is 1. The Hall–Kier alpha value is -2.60. The number of benzene rings is 1. The van der Waals surface area contributed by atoms with Gasteiger partial charge in [0.05, 0.1) is 22.5 Å². The lowest BCUT2D eigenvalue weighted by Gasteiger charge is -2.01. The average molecular weight is 317 g/mol. The molecule has 0 atom stereocenters. The second kappa shape index (κ2) is 5.31. The molecule has 0 saturated carbocycles. The van der Waals surface area contributed by atoms with Crippen LogP contribution in [0.5, 0.6) is 0 Å². The molecule has 1 aromatic carbocycles. The van der Waals surface area contributed by atoms with E-state index in [9.17, 15) is 9.59 Å². The zero-order chi connectivity index (χ0) is 15.9. The summed E-state index contributed by atoms with van der Waals surface area (Å²) in [4.78, 5) is 24.3. The Labute approximate surface area is 131 Å². The van der Waals surface area contributed by atoms with Crippen LogP contribution in [0.1, 0.15) is 18.2 Å². The first-order valence-electron chi connectivity index (χ1n) is 6.61. The maximum atomic E-state index is 12.6. The van der Waals surface area contributed by atoms with Gasteiger partial charge in [0.2, 0.25) is 0 Å². The van der Waals surface area contributed by atoms with Gasteiger partial charge in [0.1, 0.15) is 0 Å². The van der Waals surface area contributed by atoms with Crippen molar-refractivity contribution in [1.29, 1.82) is 0 Å². The molecule has 0 bridgehead atoms. The number of nitrogens with one attached hydrogen (secondary N) is 2. The van der Waals surface area contributed by atoms with Crippen LogP contribution in [0, 0.1) is 6.92 Å². The highest BCUT2D eigenvalue weighted by atomic mass is 35.5. The molecule has 0 saturated heterocycles. The van der Waals surface area contributed by atoms with Crippen molar-refractivity contribution in [3.05, 3.63) is 56.5 Å². The van der Waals surface area contributed by atoms with Crippen LogP contribution in [0.25, 0.3) is 11.8 Å². The predicted octanol–water partition coefficient (Wildman–Crippen LogP) is 2.02. The molecule has 0 aliphatic carbocycles. The molecular weight excluding hydrogens is 304 g/mol. The summed E-state index contributed by atoms with van der Waals surface area (Å²) in [5, 5.41) is 7.37. The van der Waals surface area contributed by atoms with Crippen LogP contribution in [0.3, 0.4) is 0 Å². The Bertz CT molecular complexity index is 889. The summed E-state index contributed by atoms with van der Waals surface area (Å²) in [7, 11) is 0. The minimum Gasteiger partial charge on any atom is -0.295 e. The molecule has 2 N–H and O–H groups in total. The minimum absolute atomic E-state index is 0.250. The highest BCUT2D eigenvalue weighted by Gasteiger charge is 2.21. The summed E-state index contributed by atoms with van der Waals surface area (Å²) in [6.45, 7) is 3.48. The molecule has 2 heterocycles. The van der Waals surface area contributed by atoms with Crippen LogP contribution in [-0.4, -0.2) is 21.4 Å². The predicted molar refractivity (Wildman–Crippen MR) is 85.4 cm³/mol. The number of hydrogen-bond acceptors (Lipinski definition) is 3. The van der Waals surface area contributed by atoms with Crippen LogP contribution < -0.4 is 11.0 Å². The van der Waals surface area contributed by atoms with Crippen molar-refractivity contribution in [2.75, 3.05) is 0 Å². The molecule has 0 spiro atoms. The molecule has 112 valence electrons. The minimum atomic E-state index is -0.313. The van der Waals surface area contributed by atoms with Gasteiger partial charge in [0.25, 0.3) is 11.5 Å². The van der Waals surface area contributed by atoms with Gasteiger partial charge in [-0.15, -0.1) is 0 Å². The molecule has 2 aromatic rings. The Morgan fingerprint density at radius 2 is 2.05 bits per heavy atom. The number of amides is 1. The molecule has 6 nitrogen and oxygen atoms in total. The highest BCUT2D eigenvalue weighted by molar-refractivity contribution is 6.30. The van der Waals surface area contributed by atoms with Crippen LogP contribution in [0.2, 0.25) is 5.02 Å². The summed E-state index contributed by atoms with van der Waals surface area (Å²) < 4.78 is 1.40. The van der Waals surface area contributed by atoms with Crippen molar-refractivity contribution < 1.29 is 4.79 Å². The topological polar surface area (TPSA) is 79.2 Å². The van der Waals surface area contributed by atoms with E-state index < -0.39 is 0 Å². The first-order chi connectivity index (χ1) is 10.5. The summed E-state index contributed by atoms with van der Waals surface area (Å²) >= 11 is 5.96. The van der Waals surface area contributed by atoms with E-state index in [1.165, 1.54) is 4.68 Å². The van der Waals surface area contributed by atoms with Crippen LogP contribution in [0.15, 0.2) is 39.7 Å². The number of hydrogen-bond donors (Lipinski definition) is 2. The molecule has 0 fully saturated rings. The van der Waals surface area contributed by atoms with E-state index in [-0.39, 0.29) is 11.5 Å². The number of carbonyl (C=O) groups is 1. The third-order valence-corrected chi connectivity index (χ3v) is 3.67. The first-order valence-corrected chi connectivity index (χ1v) is 6.99. The number of carbonyl (C=O) groups excluding carboxylic acids is 1. The number of aromatic amines is 1. The maximum absolute atomic E-state index is 12.6. The summed E-state index contributed by atoms with van der Waals surface area (Å²) in [6.07, 6.45) is 1.55. The molecule has 7 heteroatoms. The Kier molecular flexibility index (Phi) is 3.46. The number of nitrogens with zero attached hydrogens (tertiary/aromatic N) is 2. The molecule has 1 aliphatic rings. The first kappa shape index (κ1) is 14.3. The van der Waals surface area contributed by atoms with E-state index in [1.54, 1.807) is 44.2 Å². The fraction of sp³-hybridized carbons (Fsp3) is 0.133. The summed E-state index contributed by atoms with van der Waals surface area (Å²) in [5.41, 5.74) is 4.77. The molecule has 3 rings (SSSR count). The molecule has 0 unspecified atom stereocenters. The normalized spacial score (nSPS) is 16.0. The fourth-order valence-electron chi connectivity index (χ4n) is 2.26. The molecule has 22 heavy (non-hydrogen) atoms. The van der Waals surface area contributed by atoms with Gasteiger partial charge in [-0.05, 0) is 38.1 Å². The summed E-state index contributed by atoms with van der Waals surface area (Å²) in [6, 6.07) is 6.96. The van der Waals surface area contributed by atoms with Crippen LogP contribution in [0.4, 0.5) is 0 Å². The van der Waals surface area contributed by atoms with Gasteiger partial charge in [0.15, 0.2) is 0 Å². The lowest BCUT2D eigenvalue weighted by Crippen LogP contribution is -2.17. The van der Waals surface area contributed by atoms with Gasteiger partial charge >= 0.3 is 0 Å². The van der Waals surface area contributed by atoms with Gasteiger partial charge in [0, 0.05) is 10.7 Å². The van der Waals surface area contributed by atoms with E-state index in [4.69, 9.17) is 11.6 Å². The van der Waals surface area contributed by atoms with E-state index in [0.717, 1.165) is 0 Å². The van der Waals surface area contributed by atoms with Gasteiger partial charge in [-0.25, -0.2) is 10.1 Å². The maximum Gasteiger partial charge on any atom is 0.278 e. The van der Waals surface area contributed by atoms with Crippen molar-refractivity contribution in [3.8, 4) is 5.69 Å². The quantitative estimate of drug-likeness (QED) is 0.831. The van der Waals surface area contributed by atoms with Gasteiger partial charge in [-0.3, -0.25) is 14.7 Å². The summed E-state index contributed by atoms with van der Waals surface area (Å²) in [5.74, 6) is -0.313. The molecular formula is C15H13ClN4O2. The Morgan fingerprint density at radius 1 is 1.27 bits per heavy atom. The zero-order valence-corrected chi connectivity index (χ0v) is 12.7. The number of aryl methyl sites for hydroxylation is 1. The molecule has 1 amide bonds. The number of halogens is 1. The second-order valence-corrected chi connectivity index (χ2v) is 5.40. The van der Waals surface area contributed by atoms with Crippen molar-refractivity contribution in [2.24, 2.45) is 5.10 Å². The van der Waals surface area contributed by atoms with E-state index >= 15 is 0 Å². The molecule has 1 aromatic heterocycles. The zero-order valence-electron chi connectivity index (χ0n) is 12.0. The van der Waals surface area contributed by atoms with Crippen LogP contribution >= 0.6 is 11.6 Å². The van der Waals surface area contributed by atoms with E-state index in [1.807, 2.05) is 0 Å². The van der Waals surface area contributed by atoms with Crippen molar-refractivity contribution in [3.63, 3.8) is 0 Å². The molecule has 1 aliphatic heterocycles. The third-order valence-electron chi connectivity index (χ3n) is 3.43. The largest absolute Gasteiger partial charge is 0.295 e. The molecule has 0 radical (unpaired) electrons. The lowest BCUT2D eigenvalue weighted by atomic mass is 10.1. The average Bonchev–Trinajstić information content (AvgIpc) is 2.94. The van der Waals surface area contributed by atoms with Crippen molar-refractivity contribution in [2.45, 2.75) is 13.8 Å². The van der Waals surface area contributed by atoms with Crippen molar-refractivity contribution in [1.82, 2.24) is 15.2 Å². The van der Waals surface area contributed by atoms with E-state index in [0.29, 0.717) is 33.3 Å². The monoisotopic (exact) mass is 316 g/mol. The Morgan fingerprint density at radius 3 is 2.68 bits per heavy atom. The van der Waals surface area contributed by atoms with Crippen molar-refractivity contribution >= 4 is 29.3 Å². The Balaban J connectivity index is 2.13. The number of rotatable bonds is 2. The van der Waals surface area contributed by atoms with Gasteiger partial charge in [-0.1, -0.05) is 17.7 Å².